The minimum absolute atomic E-state index is 0.0395. The third-order valence-corrected chi connectivity index (χ3v) is 4.35. The molecule has 2 rings (SSSR count). The van der Waals surface area contributed by atoms with E-state index in [0.717, 1.165) is 56.1 Å². The number of hydrogen-bond acceptors (Lipinski definition) is 3. The third kappa shape index (κ3) is 4.99. The number of carbonyl (C=O) groups excluding carboxylic acids is 1. The standard InChI is InChI=1S/C16H24ClN3O/c1-12-10-14(17)2-3-15(12)19-16(21)11-20-8-5-13(4-7-18)6-9-20/h2-3,10,13H,4-9,11,18H2,1H3,(H,19,21). The van der Waals surface area contributed by atoms with Gasteiger partial charge in [0, 0.05) is 10.7 Å². The molecule has 0 aromatic heterocycles. The Morgan fingerprint density at radius 3 is 2.76 bits per heavy atom. The predicted octanol–water partition coefficient (Wildman–Crippen LogP) is 2.65. The molecule has 0 unspecified atom stereocenters. The fourth-order valence-corrected chi connectivity index (χ4v) is 3.06. The Morgan fingerprint density at radius 2 is 2.14 bits per heavy atom. The number of nitrogens with two attached hydrogens (primary N) is 1. The summed E-state index contributed by atoms with van der Waals surface area (Å²) in [4.78, 5) is 14.3. The van der Waals surface area contributed by atoms with Gasteiger partial charge in [-0.15, -0.1) is 0 Å². The Hall–Kier alpha value is -1.10. The molecule has 0 spiro atoms. The average molecular weight is 310 g/mol. The van der Waals surface area contributed by atoms with E-state index in [4.69, 9.17) is 17.3 Å². The maximum Gasteiger partial charge on any atom is 0.238 e. The van der Waals surface area contributed by atoms with Crippen molar-refractivity contribution in [3.8, 4) is 0 Å². The second-order valence-electron chi connectivity index (χ2n) is 5.80. The van der Waals surface area contributed by atoms with Crippen molar-refractivity contribution in [2.24, 2.45) is 11.7 Å². The number of aryl methyl sites for hydroxylation is 1. The minimum atomic E-state index is 0.0395. The zero-order valence-electron chi connectivity index (χ0n) is 12.6. The van der Waals surface area contributed by atoms with Gasteiger partial charge in [0.25, 0.3) is 0 Å². The highest BCUT2D eigenvalue weighted by Gasteiger charge is 2.20. The first kappa shape index (κ1) is 16.3. The molecule has 0 atom stereocenters. The maximum atomic E-state index is 12.1. The molecule has 1 aliphatic heterocycles. The van der Waals surface area contributed by atoms with Gasteiger partial charge < -0.3 is 11.1 Å². The Balaban J connectivity index is 1.80. The van der Waals surface area contributed by atoms with E-state index in [2.05, 4.69) is 10.2 Å². The van der Waals surface area contributed by atoms with Crippen LogP contribution >= 0.6 is 11.6 Å². The number of piperidine rings is 1. The van der Waals surface area contributed by atoms with Gasteiger partial charge in [0.2, 0.25) is 5.91 Å². The van der Waals surface area contributed by atoms with Crippen LogP contribution in [0.3, 0.4) is 0 Å². The minimum Gasteiger partial charge on any atom is -0.330 e. The summed E-state index contributed by atoms with van der Waals surface area (Å²) in [6.07, 6.45) is 3.39. The number of anilines is 1. The van der Waals surface area contributed by atoms with E-state index in [1.54, 1.807) is 6.07 Å². The largest absolute Gasteiger partial charge is 0.330 e. The molecule has 1 aromatic rings. The van der Waals surface area contributed by atoms with Crippen molar-refractivity contribution in [2.75, 3.05) is 31.5 Å². The van der Waals surface area contributed by atoms with Gasteiger partial charge >= 0.3 is 0 Å². The number of carbonyl (C=O) groups is 1. The van der Waals surface area contributed by atoms with Crippen LogP contribution in [-0.4, -0.2) is 37.0 Å². The van der Waals surface area contributed by atoms with Gasteiger partial charge in [-0.05, 0) is 75.5 Å². The molecule has 0 aliphatic carbocycles. The summed E-state index contributed by atoms with van der Waals surface area (Å²) in [6, 6.07) is 5.50. The second kappa shape index (κ2) is 7.78. The van der Waals surface area contributed by atoms with Crippen LogP contribution in [0.25, 0.3) is 0 Å². The Morgan fingerprint density at radius 1 is 1.43 bits per heavy atom. The lowest BCUT2D eigenvalue weighted by Gasteiger charge is -2.31. The second-order valence-corrected chi connectivity index (χ2v) is 6.24. The van der Waals surface area contributed by atoms with Gasteiger partial charge in [-0.25, -0.2) is 0 Å². The van der Waals surface area contributed by atoms with Crippen molar-refractivity contribution < 1.29 is 4.79 Å². The molecule has 3 N–H and O–H groups in total. The Labute approximate surface area is 131 Å². The van der Waals surface area contributed by atoms with Crippen molar-refractivity contribution in [2.45, 2.75) is 26.2 Å². The van der Waals surface area contributed by atoms with Crippen molar-refractivity contribution >= 4 is 23.2 Å². The molecule has 1 heterocycles. The van der Waals surface area contributed by atoms with E-state index in [1.165, 1.54) is 0 Å². The molecule has 1 amide bonds. The highest BCUT2D eigenvalue weighted by Crippen LogP contribution is 2.21. The average Bonchev–Trinajstić information content (AvgIpc) is 2.44. The van der Waals surface area contributed by atoms with Crippen molar-refractivity contribution in [1.29, 1.82) is 0 Å². The molecule has 0 radical (unpaired) electrons. The number of nitrogens with zero attached hydrogens (tertiary/aromatic N) is 1. The summed E-state index contributed by atoms with van der Waals surface area (Å²) in [7, 11) is 0. The molecule has 4 nitrogen and oxygen atoms in total. The summed E-state index contributed by atoms with van der Waals surface area (Å²) >= 11 is 5.92. The maximum absolute atomic E-state index is 12.1. The number of nitrogens with one attached hydrogen (secondary N) is 1. The molecular weight excluding hydrogens is 286 g/mol. The van der Waals surface area contributed by atoms with Crippen LogP contribution in [0.4, 0.5) is 5.69 Å². The van der Waals surface area contributed by atoms with Crippen LogP contribution in [0.5, 0.6) is 0 Å². The van der Waals surface area contributed by atoms with E-state index in [1.807, 2.05) is 19.1 Å². The lowest BCUT2D eigenvalue weighted by molar-refractivity contribution is -0.117. The molecule has 21 heavy (non-hydrogen) atoms. The SMILES string of the molecule is Cc1cc(Cl)ccc1NC(=O)CN1CCC(CCN)CC1. The molecule has 1 fully saturated rings. The summed E-state index contributed by atoms with van der Waals surface area (Å²) in [5, 5.41) is 3.65. The zero-order chi connectivity index (χ0) is 15.2. The fourth-order valence-electron chi connectivity index (χ4n) is 2.83. The highest BCUT2D eigenvalue weighted by molar-refractivity contribution is 6.30. The monoisotopic (exact) mass is 309 g/mol. The van der Waals surface area contributed by atoms with Gasteiger partial charge in [-0.2, -0.15) is 0 Å². The first-order chi connectivity index (χ1) is 10.1. The number of halogens is 1. The summed E-state index contributed by atoms with van der Waals surface area (Å²) in [6.45, 7) is 5.13. The van der Waals surface area contributed by atoms with Crippen LogP contribution in [0.1, 0.15) is 24.8 Å². The van der Waals surface area contributed by atoms with E-state index >= 15 is 0 Å². The molecule has 0 saturated carbocycles. The molecule has 5 heteroatoms. The quantitative estimate of drug-likeness (QED) is 0.879. The van der Waals surface area contributed by atoms with Gasteiger partial charge in [0.1, 0.15) is 0 Å². The first-order valence-corrected chi connectivity index (χ1v) is 7.94. The zero-order valence-corrected chi connectivity index (χ0v) is 13.3. The van der Waals surface area contributed by atoms with E-state index < -0.39 is 0 Å². The number of amides is 1. The van der Waals surface area contributed by atoms with Crippen molar-refractivity contribution in [3.05, 3.63) is 28.8 Å². The number of rotatable bonds is 5. The van der Waals surface area contributed by atoms with Gasteiger partial charge in [0.15, 0.2) is 0 Å². The fraction of sp³-hybridized carbons (Fsp3) is 0.562. The Bertz CT molecular complexity index is 484. The molecule has 0 bridgehead atoms. The number of benzene rings is 1. The molecular formula is C16H24ClN3O. The first-order valence-electron chi connectivity index (χ1n) is 7.57. The Kier molecular flexibility index (Phi) is 6.03. The lowest BCUT2D eigenvalue weighted by atomic mass is 9.94. The summed E-state index contributed by atoms with van der Waals surface area (Å²) in [5.74, 6) is 0.769. The number of likely N-dealkylation sites (tertiary alicyclic amines) is 1. The molecule has 1 aliphatic rings. The van der Waals surface area contributed by atoms with Crippen LogP contribution < -0.4 is 11.1 Å². The number of hydrogen-bond donors (Lipinski definition) is 2. The lowest BCUT2D eigenvalue weighted by Crippen LogP contribution is -2.39. The van der Waals surface area contributed by atoms with Crippen LogP contribution in [-0.2, 0) is 4.79 Å². The van der Waals surface area contributed by atoms with Gasteiger partial charge in [-0.1, -0.05) is 11.6 Å². The van der Waals surface area contributed by atoms with E-state index in [-0.39, 0.29) is 5.91 Å². The van der Waals surface area contributed by atoms with Crippen LogP contribution in [0, 0.1) is 12.8 Å². The van der Waals surface area contributed by atoms with Gasteiger partial charge in [0.05, 0.1) is 6.54 Å². The predicted molar refractivity (Wildman–Crippen MR) is 87.7 cm³/mol. The summed E-state index contributed by atoms with van der Waals surface area (Å²) < 4.78 is 0. The third-order valence-electron chi connectivity index (χ3n) is 4.11. The summed E-state index contributed by atoms with van der Waals surface area (Å²) in [5.41, 5.74) is 7.42. The van der Waals surface area contributed by atoms with Crippen LogP contribution in [0.2, 0.25) is 5.02 Å². The molecule has 1 aromatic carbocycles. The highest BCUT2D eigenvalue weighted by atomic mass is 35.5. The smallest absolute Gasteiger partial charge is 0.238 e. The van der Waals surface area contributed by atoms with E-state index in [9.17, 15) is 4.79 Å². The normalized spacial score (nSPS) is 16.9. The van der Waals surface area contributed by atoms with E-state index in [0.29, 0.717) is 11.6 Å². The van der Waals surface area contributed by atoms with Gasteiger partial charge in [-0.3, -0.25) is 9.69 Å². The molecule has 1 saturated heterocycles. The van der Waals surface area contributed by atoms with Crippen molar-refractivity contribution in [3.63, 3.8) is 0 Å². The molecule has 116 valence electrons. The topological polar surface area (TPSA) is 58.4 Å². The van der Waals surface area contributed by atoms with Crippen molar-refractivity contribution in [1.82, 2.24) is 4.90 Å². The van der Waals surface area contributed by atoms with Crippen LogP contribution in [0.15, 0.2) is 18.2 Å².